The largest absolute Gasteiger partial charge is 0.454 e. The normalized spacial score (nSPS) is 15.7. The predicted octanol–water partition coefficient (Wildman–Crippen LogP) is 7.28. The first-order valence-corrected chi connectivity index (χ1v) is 15.6. The molecule has 2 saturated heterocycles. The maximum atomic E-state index is 13.5. The van der Waals surface area contributed by atoms with E-state index in [1.165, 1.54) is 30.8 Å². The standard InChI is InChI=1S/C26H23N3O3S.C5H11N.C2H6/c30-26(29-9-1-2-10-29)21-14-25(27-15-19-4-3-11-33-19)28-22-7-5-17(12-20(21)22)18-6-8-23-24(13-18)32-16-31-23;1-6-4-2-3-5-6;1-2/h3-8,11-14H,1-2,9-10,15-16H2,(H,27,28);2-5H2,1H3;1-2H3. The van der Waals surface area contributed by atoms with Gasteiger partial charge in [0.1, 0.15) is 5.82 Å². The molecular weight excluding hydrogens is 532 g/mol. The minimum absolute atomic E-state index is 0.0712. The van der Waals surface area contributed by atoms with Crippen LogP contribution in [0, 0.1) is 0 Å². The van der Waals surface area contributed by atoms with Gasteiger partial charge >= 0.3 is 0 Å². The zero-order valence-corrected chi connectivity index (χ0v) is 25.1. The first-order chi connectivity index (χ1) is 20.1. The molecule has 0 radical (unpaired) electrons. The summed E-state index contributed by atoms with van der Waals surface area (Å²) in [5.74, 6) is 2.29. The Balaban J connectivity index is 0.000000371. The highest BCUT2D eigenvalue weighted by Gasteiger charge is 2.23. The maximum absolute atomic E-state index is 13.5. The molecule has 0 bridgehead atoms. The van der Waals surface area contributed by atoms with Crippen molar-refractivity contribution in [3.63, 3.8) is 0 Å². The number of amides is 1. The van der Waals surface area contributed by atoms with Crippen LogP contribution >= 0.6 is 11.3 Å². The maximum Gasteiger partial charge on any atom is 0.254 e. The molecule has 1 N–H and O–H groups in total. The quantitative estimate of drug-likeness (QED) is 0.271. The van der Waals surface area contributed by atoms with Crippen molar-refractivity contribution in [2.75, 3.05) is 45.3 Å². The van der Waals surface area contributed by atoms with Crippen LogP contribution in [0.15, 0.2) is 60.0 Å². The van der Waals surface area contributed by atoms with E-state index in [1.54, 1.807) is 11.3 Å². The Morgan fingerprint density at radius 1 is 0.902 bits per heavy atom. The number of hydrogen-bond donors (Lipinski definition) is 1. The molecule has 5 heterocycles. The molecule has 8 heteroatoms. The molecule has 3 aliphatic rings. The molecule has 2 aromatic heterocycles. The van der Waals surface area contributed by atoms with Crippen LogP contribution in [0.4, 0.5) is 5.82 Å². The van der Waals surface area contributed by atoms with Gasteiger partial charge in [0.05, 0.1) is 17.6 Å². The summed E-state index contributed by atoms with van der Waals surface area (Å²) in [7, 11) is 2.17. The van der Waals surface area contributed by atoms with Crippen LogP contribution in [-0.2, 0) is 6.54 Å². The number of hydrogen-bond acceptors (Lipinski definition) is 7. The third kappa shape index (κ3) is 7.00. The van der Waals surface area contributed by atoms with E-state index < -0.39 is 0 Å². The van der Waals surface area contributed by atoms with Gasteiger partial charge in [-0.25, -0.2) is 4.98 Å². The van der Waals surface area contributed by atoms with E-state index in [0.29, 0.717) is 17.9 Å². The number of likely N-dealkylation sites (tertiary alicyclic amines) is 2. The molecular formula is C33H40N4O3S. The van der Waals surface area contributed by atoms with Crippen molar-refractivity contribution in [3.8, 4) is 22.6 Å². The molecule has 0 spiro atoms. The third-order valence-corrected chi connectivity index (χ3v) is 8.37. The van der Waals surface area contributed by atoms with Crippen molar-refractivity contribution in [2.45, 2.75) is 46.1 Å². The average Bonchev–Trinajstić information content (AvgIpc) is 3.84. The number of ether oxygens (including phenoxy) is 2. The molecule has 7 rings (SSSR count). The van der Waals surface area contributed by atoms with Crippen molar-refractivity contribution in [2.24, 2.45) is 0 Å². The second-order valence-electron chi connectivity index (χ2n) is 10.3. The highest BCUT2D eigenvalue weighted by Crippen LogP contribution is 2.37. The Hall–Kier alpha value is -3.62. The molecule has 2 aromatic carbocycles. The third-order valence-electron chi connectivity index (χ3n) is 7.49. The van der Waals surface area contributed by atoms with Gasteiger partial charge in [0.2, 0.25) is 6.79 Å². The number of carbonyl (C=O) groups is 1. The number of benzene rings is 2. The minimum atomic E-state index is 0.0712. The van der Waals surface area contributed by atoms with Crippen LogP contribution in [0.1, 0.15) is 54.8 Å². The topological polar surface area (TPSA) is 66.9 Å². The predicted molar refractivity (Wildman–Crippen MR) is 168 cm³/mol. The highest BCUT2D eigenvalue weighted by molar-refractivity contribution is 7.09. The van der Waals surface area contributed by atoms with E-state index in [-0.39, 0.29) is 12.7 Å². The van der Waals surface area contributed by atoms with Crippen LogP contribution < -0.4 is 14.8 Å². The van der Waals surface area contributed by atoms with Crippen molar-refractivity contribution < 1.29 is 14.3 Å². The summed E-state index contributed by atoms with van der Waals surface area (Å²) in [5, 5.41) is 6.32. The number of pyridine rings is 1. The Bertz CT molecular complexity index is 1440. The van der Waals surface area contributed by atoms with Crippen LogP contribution in [0.5, 0.6) is 11.5 Å². The highest BCUT2D eigenvalue weighted by atomic mass is 32.1. The zero-order chi connectivity index (χ0) is 28.6. The molecule has 0 unspecified atom stereocenters. The fourth-order valence-corrected chi connectivity index (χ4v) is 5.95. The molecule has 4 aromatic rings. The van der Waals surface area contributed by atoms with E-state index in [9.17, 15) is 4.79 Å². The lowest BCUT2D eigenvalue weighted by molar-refractivity contribution is 0.0794. The summed E-state index contributed by atoms with van der Waals surface area (Å²) in [6.45, 7) is 9.18. The summed E-state index contributed by atoms with van der Waals surface area (Å²) in [6, 6.07) is 18.0. The van der Waals surface area contributed by atoms with Gasteiger partial charge in [0.15, 0.2) is 11.5 Å². The number of nitrogens with zero attached hydrogens (tertiary/aromatic N) is 3. The smallest absolute Gasteiger partial charge is 0.254 e. The molecule has 1 amide bonds. The molecule has 41 heavy (non-hydrogen) atoms. The van der Waals surface area contributed by atoms with Crippen molar-refractivity contribution in [1.82, 2.24) is 14.8 Å². The Labute approximate surface area is 247 Å². The van der Waals surface area contributed by atoms with E-state index >= 15 is 0 Å². The first kappa shape index (κ1) is 28.9. The van der Waals surface area contributed by atoms with E-state index in [2.05, 4.69) is 34.8 Å². The lowest BCUT2D eigenvalue weighted by atomic mass is 9.99. The van der Waals surface area contributed by atoms with Gasteiger partial charge in [0.25, 0.3) is 5.91 Å². The second kappa shape index (κ2) is 13.8. The van der Waals surface area contributed by atoms with E-state index in [1.807, 2.05) is 61.2 Å². The van der Waals surface area contributed by atoms with E-state index in [4.69, 9.17) is 14.5 Å². The van der Waals surface area contributed by atoms with Crippen LogP contribution in [0.3, 0.4) is 0 Å². The van der Waals surface area contributed by atoms with Gasteiger partial charge < -0.3 is 24.6 Å². The van der Waals surface area contributed by atoms with Crippen LogP contribution in [0.2, 0.25) is 0 Å². The van der Waals surface area contributed by atoms with Gasteiger partial charge in [0, 0.05) is 23.4 Å². The van der Waals surface area contributed by atoms with Crippen molar-refractivity contribution >= 4 is 34.0 Å². The number of anilines is 1. The monoisotopic (exact) mass is 572 g/mol. The lowest BCUT2D eigenvalue weighted by Crippen LogP contribution is -2.28. The Morgan fingerprint density at radius 3 is 2.32 bits per heavy atom. The summed E-state index contributed by atoms with van der Waals surface area (Å²) < 4.78 is 11.0. The number of fused-ring (bicyclic) bond motifs is 2. The van der Waals surface area contributed by atoms with E-state index in [0.717, 1.165) is 59.5 Å². The van der Waals surface area contributed by atoms with Crippen molar-refractivity contribution in [3.05, 3.63) is 70.4 Å². The summed E-state index contributed by atoms with van der Waals surface area (Å²) in [6.07, 6.45) is 4.94. The van der Waals surface area contributed by atoms with Gasteiger partial charge in [-0.15, -0.1) is 11.3 Å². The fraction of sp³-hybridized carbons (Fsp3) is 0.394. The summed E-state index contributed by atoms with van der Waals surface area (Å²) in [5.41, 5.74) is 3.52. The molecule has 0 aliphatic carbocycles. The van der Waals surface area contributed by atoms with Crippen molar-refractivity contribution in [1.29, 1.82) is 0 Å². The average molecular weight is 573 g/mol. The molecule has 7 nitrogen and oxygen atoms in total. The fourth-order valence-electron chi connectivity index (χ4n) is 5.31. The summed E-state index contributed by atoms with van der Waals surface area (Å²) >= 11 is 1.70. The SMILES string of the molecule is CC.CN1CCCC1.O=C(c1cc(NCc2cccs2)nc2ccc(-c3ccc4c(c3)OCO4)cc12)N1CCCC1. The number of aromatic nitrogens is 1. The molecule has 3 aliphatic heterocycles. The first-order valence-electron chi connectivity index (χ1n) is 14.7. The number of nitrogens with one attached hydrogen (secondary N) is 1. The summed E-state index contributed by atoms with van der Waals surface area (Å²) in [4.78, 5) is 23.8. The Morgan fingerprint density at radius 2 is 1.61 bits per heavy atom. The molecule has 0 saturated carbocycles. The van der Waals surface area contributed by atoms with Gasteiger partial charge in [-0.1, -0.05) is 32.0 Å². The van der Waals surface area contributed by atoms with Crippen LogP contribution in [0.25, 0.3) is 22.0 Å². The lowest BCUT2D eigenvalue weighted by Gasteiger charge is -2.18. The van der Waals surface area contributed by atoms with Crippen LogP contribution in [-0.4, -0.2) is 60.7 Å². The zero-order valence-electron chi connectivity index (χ0n) is 24.3. The van der Waals surface area contributed by atoms with Gasteiger partial charge in [-0.3, -0.25) is 4.79 Å². The van der Waals surface area contributed by atoms with Gasteiger partial charge in [-0.2, -0.15) is 0 Å². The van der Waals surface area contributed by atoms with Gasteiger partial charge in [-0.05, 0) is 98.7 Å². The Kier molecular flexibility index (Phi) is 9.75. The number of rotatable bonds is 5. The number of carbonyl (C=O) groups excluding carboxylic acids is 1. The molecule has 0 atom stereocenters. The minimum Gasteiger partial charge on any atom is -0.454 e. The second-order valence-corrected chi connectivity index (χ2v) is 11.3. The molecule has 2 fully saturated rings. The molecule has 216 valence electrons. The number of thiophene rings is 1.